The molecule has 0 aliphatic heterocycles. The van der Waals surface area contributed by atoms with Crippen LogP contribution in [0.3, 0.4) is 0 Å². The summed E-state index contributed by atoms with van der Waals surface area (Å²) in [5.74, 6) is 0.234. The Morgan fingerprint density at radius 2 is 2.00 bits per heavy atom. The number of nitrogens with zero attached hydrogens (tertiary/aromatic N) is 2. The van der Waals surface area contributed by atoms with Crippen LogP contribution in [0.5, 0.6) is 0 Å². The summed E-state index contributed by atoms with van der Waals surface area (Å²) in [7, 11) is 1.39. The summed E-state index contributed by atoms with van der Waals surface area (Å²) in [5, 5.41) is 0. The number of esters is 1. The van der Waals surface area contributed by atoms with Gasteiger partial charge in [-0.1, -0.05) is 19.3 Å². The van der Waals surface area contributed by atoms with E-state index >= 15 is 0 Å². The third kappa shape index (κ3) is 4.15. The quantitative estimate of drug-likeness (QED) is 0.312. The topological polar surface area (TPSA) is 62.7 Å². The number of rotatable bonds is 5. The van der Waals surface area contributed by atoms with Gasteiger partial charge in [0.25, 0.3) is 5.71 Å². The molecule has 16 heavy (non-hydrogen) atoms. The minimum Gasteiger partial charge on any atom is -0.469 e. The van der Waals surface area contributed by atoms with E-state index in [0.717, 1.165) is 18.6 Å². The first kappa shape index (κ1) is 12.9. The Labute approximate surface area is 96.6 Å². The van der Waals surface area contributed by atoms with E-state index in [1.54, 1.807) is 0 Å². The van der Waals surface area contributed by atoms with Gasteiger partial charge in [0.05, 0.1) is 13.0 Å². The van der Waals surface area contributed by atoms with Gasteiger partial charge in [-0.3, -0.25) is 4.79 Å². The molecule has 0 N–H and O–H groups in total. The van der Waals surface area contributed by atoms with Crippen LogP contribution in [0.1, 0.15) is 51.4 Å². The maximum Gasteiger partial charge on any atom is 0.305 e. The Kier molecular flexibility index (Phi) is 5.79. The molecule has 90 valence electrons. The van der Waals surface area contributed by atoms with Crippen LogP contribution in [-0.2, 0) is 9.53 Å². The molecule has 0 aromatic rings. The number of methoxy groups -OCH3 is 1. The first-order valence-corrected chi connectivity index (χ1v) is 6.05. The molecule has 0 unspecified atom stereocenters. The van der Waals surface area contributed by atoms with Gasteiger partial charge in [-0.15, -0.1) is 0 Å². The van der Waals surface area contributed by atoms with Crippen molar-refractivity contribution < 1.29 is 14.3 Å². The molecule has 0 atom stereocenters. The molecule has 0 aromatic carbocycles. The molecule has 0 heterocycles. The van der Waals surface area contributed by atoms with Crippen LogP contribution >= 0.6 is 0 Å². The Bertz CT molecular complexity index is 277. The van der Waals surface area contributed by atoms with Gasteiger partial charge in [0, 0.05) is 12.8 Å². The normalized spacial score (nSPS) is 16.6. The number of carbonyl (C=O) groups excluding carboxylic acids is 1. The van der Waals surface area contributed by atoms with Gasteiger partial charge in [0.1, 0.15) is 0 Å². The second kappa shape index (κ2) is 7.18. The van der Waals surface area contributed by atoms with Crippen LogP contribution in [0.25, 0.3) is 5.53 Å². The molecule has 0 amide bonds. The minimum absolute atomic E-state index is 0.194. The molecule has 0 saturated heterocycles. The third-order valence-corrected chi connectivity index (χ3v) is 3.25. The molecule has 0 bridgehead atoms. The number of carbonyl (C=O) groups is 1. The zero-order chi connectivity index (χ0) is 11.8. The van der Waals surface area contributed by atoms with Crippen molar-refractivity contribution in [3.63, 3.8) is 0 Å². The van der Waals surface area contributed by atoms with E-state index in [2.05, 4.69) is 9.53 Å². The highest BCUT2D eigenvalue weighted by molar-refractivity contribution is 5.82. The standard InChI is InChI=1S/C12H20N2O2/c1-16-12(15)9-5-8-11(14-13)10-6-3-2-4-7-10/h10H,2-9H2,1H3. The summed E-state index contributed by atoms with van der Waals surface area (Å²) < 4.78 is 4.57. The lowest BCUT2D eigenvalue weighted by Crippen LogP contribution is -2.19. The Balaban J connectivity index is 2.32. The summed E-state index contributed by atoms with van der Waals surface area (Å²) >= 11 is 0. The predicted molar refractivity (Wildman–Crippen MR) is 61.1 cm³/mol. The van der Waals surface area contributed by atoms with Crippen LogP contribution < -0.4 is 0 Å². The summed E-state index contributed by atoms with van der Waals surface area (Å²) in [5.41, 5.74) is 9.84. The Hall–Kier alpha value is -1.15. The summed E-state index contributed by atoms with van der Waals surface area (Å²) in [4.78, 5) is 14.3. The molecule has 1 rings (SSSR count). The molecule has 4 heteroatoms. The zero-order valence-corrected chi connectivity index (χ0v) is 9.95. The molecule has 1 saturated carbocycles. The van der Waals surface area contributed by atoms with Gasteiger partial charge in [-0.25, -0.2) is 0 Å². The molecule has 4 nitrogen and oxygen atoms in total. The first-order valence-electron chi connectivity index (χ1n) is 6.05. The molecule has 0 aromatic heterocycles. The van der Waals surface area contributed by atoms with Gasteiger partial charge >= 0.3 is 5.97 Å². The fourth-order valence-electron chi connectivity index (χ4n) is 2.29. The maximum atomic E-state index is 10.9. The van der Waals surface area contributed by atoms with Crippen molar-refractivity contribution in [3.8, 4) is 0 Å². The van der Waals surface area contributed by atoms with E-state index < -0.39 is 0 Å². The van der Waals surface area contributed by atoms with Gasteiger partial charge in [0.2, 0.25) is 0 Å². The van der Waals surface area contributed by atoms with Crippen LogP contribution in [0.2, 0.25) is 0 Å². The van der Waals surface area contributed by atoms with E-state index in [4.69, 9.17) is 5.53 Å². The number of hydrogen-bond acceptors (Lipinski definition) is 2. The third-order valence-electron chi connectivity index (χ3n) is 3.25. The van der Waals surface area contributed by atoms with Gasteiger partial charge in [-0.05, 0) is 19.3 Å². The highest BCUT2D eigenvalue weighted by Crippen LogP contribution is 2.25. The Morgan fingerprint density at radius 1 is 1.31 bits per heavy atom. The predicted octanol–water partition coefficient (Wildman–Crippen LogP) is 2.58. The van der Waals surface area contributed by atoms with Crippen LogP contribution in [-0.4, -0.2) is 23.6 Å². The highest BCUT2D eigenvalue weighted by Gasteiger charge is 2.25. The highest BCUT2D eigenvalue weighted by atomic mass is 16.5. The lowest BCUT2D eigenvalue weighted by molar-refractivity contribution is -0.140. The smallest absolute Gasteiger partial charge is 0.305 e. The zero-order valence-electron chi connectivity index (χ0n) is 9.95. The lowest BCUT2D eigenvalue weighted by Gasteiger charge is -2.17. The van der Waals surface area contributed by atoms with Crippen LogP contribution in [0, 0.1) is 5.92 Å². The van der Waals surface area contributed by atoms with E-state index in [9.17, 15) is 4.79 Å². The largest absolute Gasteiger partial charge is 0.469 e. The van der Waals surface area contributed by atoms with Crippen molar-refractivity contribution in [1.29, 1.82) is 0 Å². The average molecular weight is 224 g/mol. The van der Waals surface area contributed by atoms with Crippen molar-refractivity contribution in [2.24, 2.45) is 5.92 Å². The van der Waals surface area contributed by atoms with E-state index in [1.807, 2.05) is 0 Å². The summed E-state index contributed by atoms with van der Waals surface area (Å²) in [6.07, 6.45) is 7.80. The SMILES string of the molecule is COC(=O)CCCC(=[N+]=[N-])C1CCCCC1. The lowest BCUT2D eigenvalue weighted by atomic mass is 9.84. The van der Waals surface area contributed by atoms with E-state index in [-0.39, 0.29) is 5.97 Å². The summed E-state index contributed by atoms with van der Waals surface area (Å²) in [6, 6.07) is 0. The molecule has 1 fully saturated rings. The molecule has 0 spiro atoms. The summed E-state index contributed by atoms with van der Waals surface area (Å²) in [6.45, 7) is 0. The first-order chi connectivity index (χ1) is 7.77. The second-order valence-electron chi connectivity index (χ2n) is 4.36. The van der Waals surface area contributed by atoms with Gasteiger partial charge in [0.15, 0.2) is 0 Å². The van der Waals surface area contributed by atoms with Crippen molar-refractivity contribution in [1.82, 2.24) is 0 Å². The molecular formula is C12H20N2O2. The molecular weight excluding hydrogens is 204 g/mol. The fraction of sp³-hybridized carbons (Fsp3) is 0.833. The van der Waals surface area contributed by atoms with Crippen LogP contribution in [0.15, 0.2) is 0 Å². The second-order valence-corrected chi connectivity index (χ2v) is 4.36. The monoisotopic (exact) mass is 224 g/mol. The fourth-order valence-corrected chi connectivity index (χ4v) is 2.29. The number of ether oxygens (including phenoxy) is 1. The van der Waals surface area contributed by atoms with Gasteiger partial charge in [-0.2, -0.15) is 4.79 Å². The molecule has 0 radical (unpaired) electrons. The van der Waals surface area contributed by atoms with Crippen molar-refractivity contribution in [2.75, 3.05) is 7.11 Å². The maximum absolute atomic E-state index is 10.9. The number of hydrogen-bond donors (Lipinski definition) is 0. The molecule has 1 aliphatic carbocycles. The Morgan fingerprint density at radius 3 is 2.56 bits per heavy atom. The van der Waals surface area contributed by atoms with Crippen molar-refractivity contribution in [3.05, 3.63) is 5.53 Å². The van der Waals surface area contributed by atoms with Crippen molar-refractivity contribution >= 4 is 11.7 Å². The van der Waals surface area contributed by atoms with Crippen molar-refractivity contribution in [2.45, 2.75) is 51.4 Å². The van der Waals surface area contributed by atoms with E-state index in [1.165, 1.54) is 26.4 Å². The minimum atomic E-state index is -0.194. The van der Waals surface area contributed by atoms with E-state index in [0.29, 0.717) is 25.2 Å². The van der Waals surface area contributed by atoms with Gasteiger partial charge < -0.3 is 10.3 Å². The van der Waals surface area contributed by atoms with Crippen LogP contribution in [0.4, 0.5) is 0 Å². The average Bonchev–Trinajstić information content (AvgIpc) is 2.35. The molecule has 1 aliphatic rings.